The van der Waals surface area contributed by atoms with Gasteiger partial charge < -0.3 is 5.11 Å². The Kier molecular flexibility index (Phi) is 5.79. The van der Waals surface area contributed by atoms with E-state index in [-0.39, 0.29) is 10.6 Å². The lowest BCUT2D eigenvalue weighted by molar-refractivity contribution is -0.135. The number of carboxylic acids is 1. The molecule has 0 bridgehead atoms. The first-order chi connectivity index (χ1) is 11.3. The Hall–Kier alpha value is -1.70. The molecule has 1 N–H and O–H groups in total. The molecular weight excluding hydrogens is 370 g/mol. The molecule has 24 heavy (non-hydrogen) atoms. The molecule has 0 atom stereocenters. The highest BCUT2D eigenvalue weighted by molar-refractivity contribution is 7.98. The molecule has 0 amide bonds. The predicted octanol–water partition coefficient (Wildman–Crippen LogP) is 3.65. The van der Waals surface area contributed by atoms with E-state index in [4.69, 9.17) is 16.7 Å². The second-order valence-corrected chi connectivity index (χ2v) is 8.19. The lowest BCUT2D eigenvalue weighted by Crippen LogP contribution is -2.36. The molecule has 8 heteroatoms. The van der Waals surface area contributed by atoms with E-state index in [0.29, 0.717) is 10.6 Å². The lowest BCUT2D eigenvalue weighted by atomic mass is 10.2. The van der Waals surface area contributed by atoms with Crippen LogP contribution >= 0.6 is 23.4 Å². The number of halogens is 1. The zero-order valence-corrected chi connectivity index (χ0v) is 15.5. The molecule has 128 valence electrons. The number of benzene rings is 2. The summed E-state index contributed by atoms with van der Waals surface area (Å²) in [5, 5.41) is 9.60. The summed E-state index contributed by atoms with van der Waals surface area (Å²) in [5.74, 6) is -1.24. The number of hydrogen-bond donors (Lipinski definition) is 1. The number of thioether (sulfide) groups is 1. The van der Waals surface area contributed by atoms with Gasteiger partial charge in [-0.2, -0.15) is 0 Å². The molecule has 5 nitrogen and oxygen atoms in total. The summed E-state index contributed by atoms with van der Waals surface area (Å²) >= 11 is 7.40. The highest BCUT2D eigenvalue weighted by Crippen LogP contribution is 2.29. The fourth-order valence-electron chi connectivity index (χ4n) is 2.20. The minimum absolute atomic E-state index is 0.0379. The number of sulfonamides is 1. The summed E-state index contributed by atoms with van der Waals surface area (Å²) in [6.07, 6.45) is 1.89. The van der Waals surface area contributed by atoms with E-state index in [1.54, 1.807) is 25.1 Å². The summed E-state index contributed by atoms with van der Waals surface area (Å²) < 4.78 is 26.7. The number of aliphatic carboxylic acids is 1. The van der Waals surface area contributed by atoms with Crippen molar-refractivity contribution in [2.45, 2.75) is 16.7 Å². The first-order valence-corrected chi connectivity index (χ1v) is 9.94. The third kappa shape index (κ3) is 4.03. The second kappa shape index (κ2) is 7.46. The van der Waals surface area contributed by atoms with Crippen LogP contribution in [0.2, 0.25) is 5.02 Å². The van der Waals surface area contributed by atoms with Gasteiger partial charge in [-0.05, 0) is 61.2 Å². The van der Waals surface area contributed by atoms with E-state index in [1.807, 2.05) is 6.26 Å². The van der Waals surface area contributed by atoms with Gasteiger partial charge in [-0.25, -0.2) is 8.42 Å². The summed E-state index contributed by atoms with van der Waals surface area (Å²) in [4.78, 5) is 12.2. The minimum Gasteiger partial charge on any atom is -0.480 e. The van der Waals surface area contributed by atoms with Crippen LogP contribution in [0.3, 0.4) is 0 Å². The maximum Gasteiger partial charge on any atom is 0.324 e. The quantitative estimate of drug-likeness (QED) is 0.768. The predicted molar refractivity (Wildman–Crippen MR) is 96.6 cm³/mol. The van der Waals surface area contributed by atoms with Crippen molar-refractivity contribution in [1.82, 2.24) is 0 Å². The monoisotopic (exact) mass is 385 g/mol. The summed E-state index contributed by atoms with van der Waals surface area (Å²) in [6, 6.07) is 11.0. The first-order valence-electron chi connectivity index (χ1n) is 6.90. The van der Waals surface area contributed by atoms with Crippen LogP contribution in [0.15, 0.2) is 52.3 Å². The van der Waals surface area contributed by atoms with Crippen molar-refractivity contribution >= 4 is 45.0 Å². The van der Waals surface area contributed by atoms with Crippen molar-refractivity contribution in [2.75, 3.05) is 17.1 Å². The number of aryl methyl sites for hydroxylation is 1. The Morgan fingerprint density at radius 1 is 1.21 bits per heavy atom. The number of anilines is 1. The number of rotatable bonds is 6. The van der Waals surface area contributed by atoms with E-state index < -0.39 is 22.5 Å². The van der Waals surface area contributed by atoms with Gasteiger partial charge in [-0.15, -0.1) is 11.8 Å². The molecule has 2 aromatic rings. The Bertz CT molecular complexity index is 851. The summed E-state index contributed by atoms with van der Waals surface area (Å²) in [6.45, 7) is 1.01. The molecule has 0 fully saturated rings. The molecule has 0 saturated heterocycles. The SMILES string of the molecule is CSc1ccc(S(=O)(=O)N(CC(=O)O)c2ccc(Cl)cc2C)cc1. The van der Waals surface area contributed by atoms with Gasteiger partial charge in [0.1, 0.15) is 6.54 Å². The summed E-state index contributed by atoms with van der Waals surface area (Å²) in [7, 11) is -4.01. The Balaban J connectivity index is 2.54. The number of carbonyl (C=O) groups is 1. The van der Waals surface area contributed by atoms with Gasteiger partial charge in [0.2, 0.25) is 0 Å². The van der Waals surface area contributed by atoms with Crippen molar-refractivity contribution in [1.29, 1.82) is 0 Å². The van der Waals surface area contributed by atoms with Gasteiger partial charge in [0, 0.05) is 9.92 Å². The van der Waals surface area contributed by atoms with Crippen molar-refractivity contribution in [3.05, 3.63) is 53.1 Å². The smallest absolute Gasteiger partial charge is 0.324 e. The maximum absolute atomic E-state index is 12.9. The van der Waals surface area contributed by atoms with Crippen molar-refractivity contribution < 1.29 is 18.3 Å². The third-order valence-electron chi connectivity index (χ3n) is 3.35. The van der Waals surface area contributed by atoms with Gasteiger partial charge >= 0.3 is 5.97 Å². The third-order valence-corrected chi connectivity index (χ3v) is 6.11. The van der Waals surface area contributed by atoms with E-state index >= 15 is 0 Å². The second-order valence-electron chi connectivity index (χ2n) is 5.01. The van der Waals surface area contributed by atoms with Crippen LogP contribution in [-0.4, -0.2) is 32.3 Å². The molecule has 0 unspecified atom stereocenters. The molecule has 0 radical (unpaired) electrons. The number of nitrogens with zero attached hydrogens (tertiary/aromatic N) is 1. The van der Waals surface area contributed by atoms with Crippen LogP contribution in [0.5, 0.6) is 0 Å². The van der Waals surface area contributed by atoms with Gasteiger partial charge in [0.05, 0.1) is 10.6 Å². The van der Waals surface area contributed by atoms with E-state index in [9.17, 15) is 13.2 Å². The summed E-state index contributed by atoms with van der Waals surface area (Å²) in [5.41, 5.74) is 0.865. The Labute approximate surface area is 150 Å². The molecule has 0 saturated carbocycles. The molecule has 2 aromatic carbocycles. The van der Waals surface area contributed by atoms with E-state index in [2.05, 4.69) is 0 Å². The fourth-order valence-corrected chi connectivity index (χ4v) is 4.31. The average Bonchev–Trinajstić information content (AvgIpc) is 2.53. The van der Waals surface area contributed by atoms with Crippen molar-refractivity contribution in [2.24, 2.45) is 0 Å². The molecule has 0 aliphatic heterocycles. The topological polar surface area (TPSA) is 74.7 Å². The van der Waals surface area contributed by atoms with Crippen molar-refractivity contribution in [3.8, 4) is 0 Å². The van der Waals surface area contributed by atoms with E-state index in [0.717, 1.165) is 9.20 Å². The molecule has 0 heterocycles. The number of carboxylic acid groups (broad SMARTS) is 1. The Morgan fingerprint density at radius 3 is 2.33 bits per heavy atom. The lowest BCUT2D eigenvalue weighted by Gasteiger charge is -2.24. The first kappa shape index (κ1) is 18.6. The fraction of sp³-hybridized carbons (Fsp3) is 0.188. The zero-order valence-electron chi connectivity index (χ0n) is 13.1. The van der Waals surface area contributed by atoms with Crippen LogP contribution in [0.1, 0.15) is 5.56 Å². The van der Waals surface area contributed by atoms with Crippen LogP contribution < -0.4 is 4.31 Å². The van der Waals surface area contributed by atoms with Crippen LogP contribution in [0.25, 0.3) is 0 Å². The molecule has 0 aliphatic carbocycles. The van der Waals surface area contributed by atoms with Gasteiger partial charge in [-0.3, -0.25) is 9.10 Å². The minimum atomic E-state index is -4.01. The Morgan fingerprint density at radius 2 is 1.83 bits per heavy atom. The highest BCUT2D eigenvalue weighted by Gasteiger charge is 2.28. The molecule has 0 aromatic heterocycles. The molecular formula is C16H16ClNO4S2. The maximum atomic E-state index is 12.9. The standard InChI is InChI=1S/C16H16ClNO4S2/c1-11-9-12(17)3-8-15(11)18(10-16(19)20)24(21,22)14-6-4-13(23-2)5-7-14/h3-9H,10H2,1-2H3,(H,19,20). The number of hydrogen-bond acceptors (Lipinski definition) is 4. The van der Waals surface area contributed by atoms with Crippen LogP contribution in [0.4, 0.5) is 5.69 Å². The average molecular weight is 386 g/mol. The van der Waals surface area contributed by atoms with Gasteiger partial charge in [-0.1, -0.05) is 11.6 Å². The molecule has 2 rings (SSSR count). The van der Waals surface area contributed by atoms with Crippen LogP contribution in [0, 0.1) is 6.92 Å². The van der Waals surface area contributed by atoms with Gasteiger partial charge in [0.25, 0.3) is 10.0 Å². The van der Waals surface area contributed by atoms with Gasteiger partial charge in [0.15, 0.2) is 0 Å². The van der Waals surface area contributed by atoms with E-state index in [1.165, 1.54) is 36.0 Å². The van der Waals surface area contributed by atoms with Crippen molar-refractivity contribution in [3.63, 3.8) is 0 Å². The highest BCUT2D eigenvalue weighted by atomic mass is 35.5. The molecule has 0 spiro atoms. The normalized spacial score (nSPS) is 11.3. The zero-order chi connectivity index (χ0) is 17.9. The van der Waals surface area contributed by atoms with Crippen LogP contribution in [-0.2, 0) is 14.8 Å². The largest absolute Gasteiger partial charge is 0.480 e. The molecule has 0 aliphatic rings.